The van der Waals surface area contributed by atoms with Gasteiger partial charge in [0.2, 0.25) is 0 Å². The third kappa shape index (κ3) is 5.33. The average Bonchev–Trinajstić information content (AvgIpc) is 2.96. The van der Waals surface area contributed by atoms with E-state index in [-0.39, 0.29) is 4.90 Å². The fourth-order valence-corrected chi connectivity index (χ4v) is 2.66. The number of aliphatic carboxylic acids is 1. The van der Waals surface area contributed by atoms with Crippen LogP contribution in [0.15, 0.2) is 29.2 Å². The van der Waals surface area contributed by atoms with E-state index in [0.29, 0.717) is 5.56 Å². The summed E-state index contributed by atoms with van der Waals surface area (Å²) in [4.78, 5) is 10.9. The van der Waals surface area contributed by atoms with Gasteiger partial charge in [0.25, 0.3) is 0 Å². The lowest BCUT2D eigenvalue weighted by Crippen LogP contribution is -2.07. The molecule has 1 aromatic rings. The number of carbonyl (C=O) groups is 1. The molecule has 1 aromatic carbocycles. The molecule has 1 fully saturated rings. The molecule has 1 atom stereocenters. The monoisotopic (exact) mass is 298 g/mol. The maximum atomic E-state index is 11.1. The smallest absolute Gasteiger partial charge is 0.310 e. The van der Waals surface area contributed by atoms with Gasteiger partial charge in [0.1, 0.15) is 0 Å². The molecule has 1 N–H and O–H groups in total. The van der Waals surface area contributed by atoms with Crippen LogP contribution >= 0.6 is 0 Å². The highest BCUT2D eigenvalue weighted by Crippen LogP contribution is 2.18. The van der Waals surface area contributed by atoms with Gasteiger partial charge in [-0.05, 0) is 24.6 Å². The second-order valence-electron chi connectivity index (χ2n) is 5.17. The zero-order chi connectivity index (χ0) is 15.2. The van der Waals surface area contributed by atoms with Crippen molar-refractivity contribution in [3.63, 3.8) is 0 Å². The molecule has 0 spiro atoms. The molecule has 1 aliphatic carbocycles. The lowest BCUT2D eigenvalue weighted by molar-refractivity contribution is -0.138. The lowest BCUT2D eigenvalue weighted by atomic mass is 10.0. The Morgan fingerprint density at radius 1 is 1.05 bits per heavy atom. The van der Waals surface area contributed by atoms with Crippen LogP contribution in [0, 0.1) is 0 Å². The Morgan fingerprint density at radius 2 is 1.45 bits per heavy atom. The maximum absolute atomic E-state index is 11.1. The van der Waals surface area contributed by atoms with Crippen LogP contribution in [0.3, 0.4) is 0 Å². The fraction of sp³-hybridized carbons (Fsp3) is 0.533. The van der Waals surface area contributed by atoms with Crippen molar-refractivity contribution in [2.45, 2.75) is 49.8 Å². The lowest BCUT2D eigenvalue weighted by Gasteiger charge is -2.06. The highest BCUT2D eigenvalue weighted by Gasteiger charge is 2.14. The van der Waals surface area contributed by atoms with Crippen LogP contribution in [-0.4, -0.2) is 25.7 Å². The van der Waals surface area contributed by atoms with Crippen LogP contribution in [0.25, 0.3) is 0 Å². The van der Waals surface area contributed by atoms with Crippen molar-refractivity contribution in [3.05, 3.63) is 29.8 Å². The van der Waals surface area contributed by atoms with Crippen molar-refractivity contribution in [1.29, 1.82) is 0 Å². The molecule has 2 rings (SSSR count). The van der Waals surface area contributed by atoms with Gasteiger partial charge in [0, 0.05) is 6.26 Å². The van der Waals surface area contributed by atoms with Crippen molar-refractivity contribution in [2.24, 2.45) is 0 Å². The number of carboxylic acid groups (broad SMARTS) is 1. The number of rotatable bonds is 3. The molecule has 112 valence electrons. The van der Waals surface area contributed by atoms with E-state index >= 15 is 0 Å². The molecule has 0 bridgehead atoms. The first kappa shape index (κ1) is 16.7. The Hall–Kier alpha value is -1.36. The van der Waals surface area contributed by atoms with E-state index in [9.17, 15) is 13.2 Å². The van der Waals surface area contributed by atoms with E-state index in [1.807, 2.05) is 0 Å². The Labute approximate surface area is 120 Å². The van der Waals surface area contributed by atoms with E-state index in [1.165, 1.54) is 56.4 Å². The quantitative estimate of drug-likeness (QED) is 0.930. The number of sulfone groups is 1. The largest absolute Gasteiger partial charge is 0.481 e. The third-order valence-corrected chi connectivity index (χ3v) is 4.56. The van der Waals surface area contributed by atoms with Gasteiger partial charge in [-0.25, -0.2) is 8.42 Å². The molecule has 1 unspecified atom stereocenters. The molecule has 5 heteroatoms. The van der Waals surface area contributed by atoms with Gasteiger partial charge < -0.3 is 5.11 Å². The topological polar surface area (TPSA) is 71.4 Å². The van der Waals surface area contributed by atoms with Gasteiger partial charge in [-0.15, -0.1) is 0 Å². The summed E-state index contributed by atoms with van der Waals surface area (Å²) in [7, 11) is -3.21. The van der Waals surface area contributed by atoms with Crippen molar-refractivity contribution >= 4 is 15.8 Å². The maximum Gasteiger partial charge on any atom is 0.310 e. The number of hydrogen-bond acceptors (Lipinski definition) is 3. The Morgan fingerprint density at radius 3 is 1.75 bits per heavy atom. The van der Waals surface area contributed by atoms with E-state index in [2.05, 4.69) is 0 Å². The zero-order valence-electron chi connectivity index (χ0n) is 12.0. The van der Waals surface area contributed by atoms with Gasteiger partial charge >= 0.3 is 5.97 Å². The van der Waals surface area contributed by atoms with E-state index < -0.39 is 21.7 Å². The van der Waals surface area contributed by atoms with Crippen LogP contribution in [0.1, 0.15) is 50.5 Å². The van der Waals surface area contributed by atoms with Gasteiger partial charge in [-0.1, -0.05) is 44.2 Å². The predicted octanol–water partition coefficient (Wildman–Crippen LogP) is 3.23. The summed E-state index contributed by atoms with van der Waals surface area (Å²) in [6, 6.07) is 5.89. The Bertz CT molecular complexity index is 520. The van der Waals surface area contributed by atoms with Gasteiger partial charge in [-0.3, -0.25) is 4.79 Å². The van der Waals surface area contributed by atoms with Crippen LogP contribution in [-0.2, 0) is 14.6 Å². The SMILES string of the molecule is C1CCCC1.CC(C(=O)O)c1ccc(S(C)(=O)=O)cc1. The number of carboxylic acids is 1. The van der Waals surface area contributed by atoms with E-state index in [0.717, 1.165) is 6.26 Å². The van der Waals surface area contributed by atoms with Crippen molar-refractivity contribution in [3.8, 4) is 0 Å². The molecule has 0 radical (unpaired) electrons. The summed E-state index contributed by atoms with van der Waals surface area (Å²) in [5.41, 5.74) is 0.593. The highest BCUT2D eigenvalue weighted by atomic mass is 32.2. The van der Waals surface area contributed by atoms with Crippen LogP contribution in [0.4, 0.5) is 0 Å². The first-order chi connectivity index (χ1) is 9.32. The summed E-state index contributed by atoms with van der Waals surface area (Å²) in [5, 5.41) is 8.75. The third-order valence-electron chi connectivity index (χ3n) is 3.43. The molecular weight excluding hydrogens is 276 g/mol. The highest BCUT2D eigenvalue weighted by molar-refractivity contribution is 7.90. The van der Waals surface area contributed by atoms with Crippen molar-refractivity contribution < 1.29 is 18.3 Å². The Kier molecular flexibility index (Phi) is 6.20. The van der Waals surface area contributed by atoms with Crippen molar-refractivity contribution in [2.75, 3.05) is 6.26 Å². The molecule has 4 nitrogen and oxygen atoms in total. The van der Waals surface area contributed by atoms with Crippen LogP contribution in [0.2, 0.25) is 0 Å². The molecule has 0 saturated heterocycles. The molecule has 1 saturated carbocycles. The Balaban J connectivity index is 0.000000333. The second kappa shape index (κ2) is 7.43. The van der Waals surface area contributed by atoms with Crippen molar-refractivity contribution in [1.82, 2.24) is 0 Å². The van der Waals surface area contributed by atoms with Gasteiger partial charge in [0.05, 0.1) is 10.8 Å². The summed E-state index contributed by atoms with van der Waals surface area (Å²) in [5.74, 6) is -1.55. The zero-order valence-corrected chi connectivity index (χ0v) is 12.8. The summed E-state index contributed by atoms with van der Waals surface area (Å²) >= 11 is 0. The van der Waals surface area contributed by atoms with Gasteiger partial charge in [-0.2, -0.15) is 0 Å². The first-order valence-electron chi connectivity index (χ1n) is 6.85. The minimum atomic E-state index is -3.21. The first-order valence-corrected chi connectivity index (χ1v) is 8.74. The summed E-state index contributed by atoms with van der Waals surface area (Å²) in [6.07, 6.45) is 8.61. The standard InChI is InChI=1S/C10H12O4S.C5H10/c1-7(10(11)12)8-3-5-9(6-4-8)15(2,13)14;1-2-4-5-3-1/h3-7H,1-2H3,(H,11,12);1-5H2. The minimum Gasteiger partial charge on any atom is -0.481 e. The molecule has 0 amide bonds. The molecule has 20 heavy (non-hydrogen) atoms. The van der Waals surface area contributed by atoms with Crippen LogP contribution in [0.5, 0.6) is 0 Å². The number of hydrogen-bond donors (Lipinski definition) is 1. The van der Waals surface area contributed by atoms with E-state index in [1.54, 1.807) is 6.92 Å². The summed E-state index contributed by atoms with van der Waals surface area (Å²) in [6.45, 7) is 1.55. The second-order valence-corrected chi connectivity index (χ2v) is 7.18. The molecule has 0 heterocycles. The number of benzene rings is 1. The molecular formula is C15H22O4S. The molecule has 0 aliphatic heterocycles. The fourth-order valence-electron chi connectivity index (χ4n) is 2.03. The van der Waals surface area contributed by atoms with Gasteiger partial charge in [0.15, 0.2) is 9.84 Å². The molecule has 0 aromatic heterocycles. The summed E-state index contributed by atoms with van der Waals surface area (Å²) < 4.78 is 22.3. The normalized spacial score (nSPS) is 16.1. The van der Waals surface area contributed by atoms with E-state index in [4.69, 9.17) is 5.11 Å². The van der Waals surface area contributed by atoms with Crippen LogP contribution < -0.4 is 0 Å². The molecule has 1 aliphatic rings. The minimum absolute atomic E-state index is 0.198. The predicted molar refractivity (Wildman–Crippen MR) is 78.7 cm³/mol. The average molecular weight is 298 g/mol.